The third kappa shape index (κ3) is 5.97. The van der Waals surface area contributed by atoms with Crippen LogP contribution in [0.2, 0.25) is 0 Å². The molecule has 0 saturated heterocycles. The van der Waals surface area contributed by atoms with Gasteiger partial charge in [-0.05, 0) is 61.8 Å². The van der Waals surface area contributed by atoms with E-state index in [-0.39, 0.29) is 29.7 Å². The highest BCUT2D eigenvalue weighted by atomic mass is 32.1. The van der Waals surface area contributed by atoms with Crippen molar-refractivity contribution in [3.05, 3.63) is 58.7 Å². The molecule has 4 aromatic rings. The Morgan fingerprint density at radius 2 is 1.88 bits per heavy atom. The van der Waals surface area contributed by atoms with E-state index >= 15 is 0 Å². The molecule has 0 aliphatic carbocycles. The smallest absolute Gasteiger partial charge is 0.253 e. The van der Waals surface area contributed by atoms with Gasteiger partial charge in [0.25, 0.3) is 5.91 Å². The maximum Gasteiger partial charge on any atom is 0.253 e. The van der Waals surface area contributed by atoms with Crippen molar-refractivity contribution in [3.63, 3.8) is 0 Å². The fourth-order valence-corrected chi connectivity index (χ4v) is 4.98. The van der Waals surface area contributed by atoms with Gasteiger partial charge < -0.3 is 30.5 Å². The van der Waals surface area contributed by atoms with Crippen molar-refractivity contribution in [1.82, 2.24) is 20.2 Å². The number of fused-ring (bicyclic) bond motifs is 1. The normalized spacial score (nSPS) is 11.0. The van der Waals surface area contributed by atoms with E-state index in [1.54, 1.807) is 19.1 Å². The number of amides is 2. The molecule has 0 unspecified atom stereocenters. The van der Waals surface area contributed by atoms with Crippen LogP contribution in [-0.4, -0.2) is 68.5 Å². The molecule has 3 N–H and O–H groups in total. The number of hydrogen-bond acceptors (Lipinski definition) is 9. The molecule has 0 bridgehead atoms. The molecule has 210 valence electrons. The lowest BCUT2D eigenvalue weighted by Crippen LogP contribution is -2.35. The van der Waals surface area contributed by atoms with E-state index in [4.69, 9.17) is 4.74 Å². The van der Waals surface area contributed by atoms with E-state index in [9.17, 15) is 14.0 Å². The molecule has 0 fully saturated rings. The average Bonchev–Trinajstić information content (AvgIpc) is 3.41. The van der Waals surface area contributed by atoms with E-state index in [1.165, 1.54) is 36.6 Å². The Labute approximate surface area is 236 Å². The Kier molecular flexibility index (Phi) is 8.80. The molecule has 4 rings (SSSR count). The highest BCUT2D eigenvalue weighted by Gasteiger charge is 2.21. The number of aromatic nitrogens is 2. The van der Waals surface area contributed by atoms with Crippen molar-refractivity contribution < 1.29 is 18.7 Å². The number of halogens is 1. The maximum absolute atomic E-state index is 14.9. The van der Waals surface area contributed by atoms with E-state index in [0.717, 1.165) is 11.3 Å². The number of carbonyl (C=O) groups is 2. The number of carbonyl (C=O) groups excluding carboxylic acids is 2. The molecule has 40 heavy (non-hydrogen) atoms. The first-order valence-electron chi connectivity index (χ1n) is 12.6. The van der Waals surface area contributed by atoms with E-state index < -0.39 is 11.7 Å². The van der Waals surface area contributed by atoms with Crippen LogP contribution in [-0.2, 0) is 11.2 Å². The number of ether oxygens (including phenoxy) is 1. The minimum Gasteiger partial charge on any atom is -0.495 e. The monoisotopic (exact) mass is 565 g/mol. The largest absolute Gasteiger partial charge is 0.495 e. The summed E-state index contributed by atoms with van der Waals surface area (Å²) in [7, 11) is 8.48. The Morgan fingerprint density at radius 3 is 2.55 bits per heavy atom. The molecule has 10 nitrogen and oxygen atoms in total. The van der Waals surface area contributed by atoms with Crippen LogP contribution in [0.3, 0.4) is 0 Å². The molecule has 2 amide bonds. The van der Waals surface area contributed by atoms with Crippen LogP contribution in [0.1, 0.15) is 22.8 Å². The van der Waals surface area contributed by atoms with Gasteiger partial charge in [-0.1, -0.05) is 13.0 Å². The summed E-state index contributed by atoms with van der Waals surface area (Å²) in [6.07, 6.45) is 0.688. The molecule has 12 heteroatoms. The molecule has 0 aliphatic rings. The van der Waals surface area contributed by atoms with Crippen LogP contribution < -0.4 is 25.6 Å². The van der Waals surface area contributed by atoms with Gasteiger partial charge in [0.1, 0.15) is 11.6 Å². The molecule has 0 radical (unpaired) electrons. The molecule has 2 heterocycles. The number of nitrogens with one attached hydrogen (secondary N) is 3. The van der Waals surface area contributed by atoms with Gasteiger partial charge in [-0.25, -0.2) is 9.37 Å². The summed E-state index contributed by atoms with van der Waals surface area (Å²) in [4.78, 5) is 38.0. The Morgan fingerprint density at radius 1 is 1.10 bits per heavy atom. The first kappa shape index (κ1) is 28.7. The lowest BCUT2D eigenvalue weighted by atomic mass is 10.1. The van der Waals surface area contributed by atoms with Crippen molar-refractivity contribution in [2.24, 2.45) is 0 Å². The topological polar surface area (TPSA) is 112 Å². The second kappa shape index (κ2) is 12.3. The highest BCUT2D eigenvalue weighted by Crippen LogP contribution is 2.37. The first-order chi connectivity index (χ1) is 19.2. The molecule has 2 aromatic carbocycles. The van der Waals surface area contributed by atoms with Gasteiger partial charge in [-0.15, -0.1) is 11.3 Å². The summed E-state index contributed by atoms with van der Waals surface area (Å²) in [5.74, 6) is 0.0231. The van der Waals surface area contributed by atoms with E-state index in [0.29, 0.717) is 33.9 Å². The summed E-state index contributed by atoms with van der Waals surface area (Å²) in [6, 6.07) is 9.83. The van der Waals surface area contributed by atoms with Crippen LogP contribution in [0.4, 0.5) is 33.2 Å². The van der Waals surface area contributed by atoms with Gasteiger partial charge in [0, 0.05) is 19.8 Å². The number of anilines is 5. The molecule has 0 atom stereocenters. The number of nitrogens with zero attached hydrogens (tertiary/aromatic N) is 4. The van der Waals surface area contributed by atoms with E-state index in [2.05, 4.69) is 25.9 Å². The number of aryl methyl sites for hydroxylation is 1. The number of hydrogen-bond donors (Lipinski definition) is 3. The van der Waals surface area contributed by atoms with Crippen molar-refractivity contribution in [1.29, 1.82) is 0 Å². The summed E-state index contributed by atoms with van der Waals surface area (Å²) >= 11 is 1.39. The number of methoxy groups -OCH3 is 1. The molecule has 0 spiro atoms. The molecular formula is C28H32FN7O3S. The number of likely N-dealkylation sites (N-methyl/N-ethyl adjacent to an activating group) is 2. The third-order valence-electron chi connectivity index (χ3n) is 6.25. The fraction of sp³-hybridized carbons (Fsp3) is 0.286. The third-order valence-corrected chi connectivity index (χ3v) is 7.16. The van der Waals surface area contributed by atoms with Gasteiger partial charge >= 0.3 is 0 Å². The van der Waals surface area contributed by atoms with E-state index in [1.807, 2.05) is 49.5 Å². The highest BCUT2D eigenvalue weighted by molar-refractivity contribution is 7.17. The summed E-state index contributed by atoms with van der Waals surface area (Å²) in [6.45, 7) is 2.27. The van der Waals surface area contributed by atoms with Crippen LogP contribution in [0, 0.1) is 5.82 Å². The van der Waals surface area contributed by atoms with Crippen LogP contribution >= 0.6 is 11.3 Å². The SMILES string of the molecule is CCc1cc(OC)c(Nc2nc(Nc3c(F)cccc3C(=O)NC)c3sccc3n2)cc1N(C)C(=O)CN(C)C. The summed E-state index contributed by atoms with van der Waals surface area (Å²) in [5.41, 5.74) is 3.01. The maximum atomic E-state index is 14.9. The standard InChI is InChI=1S/C28H32FN7O3S/c1-7-16-13-22(39-6)20(14-21(16)36(5)23(37)15-35(3)4)32-28-31-19-11-12-40-25(19)26(34-28)33-24-17(27(38)30-2)9-8-10-18(24)29/h8-14H,7,15H2,1-6H3,(H,30,38)(H2,31,32,33,34). The molecule has 0 saturated carbocycles. The second-order valence-electron chi connectivity index (χ2n) is 9.25. The number of para-hydroxylation sites is 1. The van der Waals surface area contributed by atoms with Crippen molar-refractivity contribution in [3.8, 4) is 5.75 Å². The zero-order valence-electron chi connectivity index (χ0n) is 23.3. The molecule has 0 aliphatic heterocycles. The molecular weight excluding hydrogens is 533 g/mol. The fourth-order valence-electron chi connectivity index (χ4n) is 4.20. The van der Waals surface area contributed by atoms with Crippen molar-refractivity contribution >= 4 is 62.2 Å². The average molecular weight is 566 g/mol. The van der Waals surface area contributed by atoms with Gasteiger partial charge in [0.2, 0.25) is 11.9 Å². The minimum atomic E-state index is -0.592. The predicted octanol–water partition coefficient (Wildman–Crippen LogP) is 4.77. The Bertz CT molecular complexity index is 1560. The van der Waals surface area contributed by atoms with Crippen LogP contribution in [0.15, 0.2) is 41.8 Å². The van der Waals surface area contributed by atoms with Gasteiger partial charge in [0.15, 0.2) is 5.82 Å². The number of rotatable bonds is 10. The summed E-state index contributed by atoms with van der Waals surface area (Å²) < 4.78 is 21.2. The molecule has 2 aromatic heterocycles. The Hall–Kier alpha value is -4.29. The lowest BCUT2D eigenvalue weighted by molar-refractivity contribution is -0.118. The Balaban J connectivity index is 1.77. The van der Waals surface area contributed by atoms with Crippen molar-refractivity contribution in [2.45, 2.75) is 13.3 Å². The number of thiophene rings is 1. The van der Waals surface area contributed by atoms with Gasteiger partial charge in [-0.2, -0.15) is 4.98 Å². The van der Waals surface area contributed by atoms with Crippen molar-refractivity contribution in [2.75, 3.05) is 57.4 Å². The van der Waals surface area contributed by atoms with Crippen LogP contribution in [0.5, 0.6) is 5.75 Å². The first-order valence-corrected chi connectivity index (χ1v) is 13.5. The van der Waals surface area contributed by atoms with Gasteiger partial charge in [0.05, 0.1) is 40.8 Å². The quantitative estimate of drug-likeness (QED) is 0.252. The van der Waals surface area contributed by atoms with Crippen LogP contribution in [0.25, 0.3) is 10.2 Å². The zero-order chi connectivity index (χ0) is 29.0. The second-order valence-corrected chi connectivity index (χ2v) is 10.2. The summed E-state index contributed by atoms with van der Waals surface area (Å²) in [5, 5.41) is 10.6. The lowest BCUT2D eigenvalue weighted by Gasteiger charge is -2.24. The predicted molar refractivity (Wildman–Crippen MR) is 158 cm³/mol. The zero-order valence-corrected chi connectivity index (χ0v) is 24.1. The number of benzene rings is 2. The minimum absolute atomic E-state index is 0.00870. The van der Waals surface area contributed by atoms with Gasteiger partial charge in [-0.3, -0.25) is 9.59 Å².